The van der Waals surface area contributed by atoms with E-state index in [1.54, 1.807) is 18.2 Å². The number of benzene rings is 1. The van der Waals surface area contributed by atoms with Crippen molar-refractivity contribution in [2.45, 2.75) is 32.7 Å². The summed E-state index contributed by atoms with van der Waals surface area (Å²) in [4.78, 5) is 13.3. The largest absolute Gasteiger partial charge is 0.478 e. The molecule has 4 nitrogen and oxygen atoms in total. The van der Waals surface area contributed by atoms with Crippen molar-refractivity contribution in [3.8, 4) is 0 Å². The highest BCUT2D eigenvalue weighted by molar-refractivity contribution is 5.90. The second-order valence-electron chi connectivity index (χ2n) is 5.26. The molecule has 0 amide bonds. The van der Waals surface area contributed by atoms with E-state index < -0.39 is 5.97 Å². The topological polar surface area (TPSA) is 66.6 Å². The van der Waals surface area contributed by atoms with Gasteiger partial charge in [-0.1, -0.05) is 6.92 Å². The van der Waals surface area contributed by atoms with Gasteiger partial charge in [0.25, 0.3) is 0 Å². The molecular weight excluding hydrogens is 228 g/mol. The number of nitrogens with zero attached hydrogens (tertiary/aromatic N) is 1. The van der Waals surface area contributed by atoms with Crippen LogP contribution in [-0.4, -0.2) is 23.7 Å². The molecule has 0 bridgehead atoms. The summed E-state index contributed by atoms with van der Waals surface area (Å²) in [5.74, 6) is -0.289. The van der Waals surface area contributed by atoms with E-state index in [4.69, 9.17) is 10.8 Å². The van der Waals surface area contributed by atoms with Crippen LogP contribution in [0.5, 0.6) is 0 Å². The third kappa shape index (κ3) is 2.42. The standard InChI is InChI=1S/C14H20N2O2/c1-9-3-4-10(2)16(8-9)13-7-11(14(17)18)5-6-12(13)15/h5-7,9-10H,3-4,8,15H2,1-2H3,(H,17,18). The maximum Gasteiger partial charge on any atom is 0.335 e. The lowest BCUT2D eigenvalue weighted by molar-refractivity contribution is 0.0697. The quantitative estimate of drug-likeness (QED) is 0.789. The van der Waals surface area contributed by atoms with Crippen LogP contribution in [0.4, 0.5) is 11.4 Å². The second kappa shape index (κ2) is 4.88. The summed E-state index contributed by atoms with van der Waals surface area (Å²) in [6.45, 7) is 5.32. The third-order valence-corrected chi connectivity index (χ3v) is 3.70. The van der Waals surface area contributed by atoms with Gasteiger partial charge in [0.05, 0.1) is 16.9 Å². The lowest BCUT2D eigenvalue weighted by Crippen LogP contribution is -2.41. The summed E-state index contributed by atoms with van der Waals surface area (Å²) in [6.07, 6.45) is 2.34. The van der Waals surface area contributed by atoms with E-state index in [2.05, 4.69) is 18.7 Å². The highest BCUT2D eigenvalue weighted by Crippen LogP contribution is 2.32. The van der Waals surface area contributed by atoms with Crippen LogP contribution in [0.2, 0.25) is 0 Å². The Morgan fingerprint density at radius 1 is 1.39 bits per heavy atom. The van der Waals surface area contributed by atoms with Crippen molar-refractivity contribution in [3.05, 3.63) is 23.8 Å². The van der Waals surface area contributed by atoms with E-state index in [0.717, 1.165) is 18.7 Å². The number of carboxylic acid groups (broad SMARTS) is 1. The first kappa shape index (κ1) is 12.7. The van der Waals surface area contributed by atoms with Gasteiger partial charge in [-0.2, -0.15) is 0 Å². The zero-order valence-corrected chi connectivity index (χ0v) is 10.9. The zero-order chi connectivity index (χ0) is 13.3. The zero-order valence-electron chi connectivity index (χ0n) is 10.9. The number of aromatic carboxylic acids is 1. The summed E-state index contributed by atoms with van der Waals surface area (Å²) < 4.78 is 0. The normalized spacial score (nSPS) is 24.0. The van der Waals surface area contributed by atoms with Gasteiger partial charge in [0.1, 0.15) is 0 Å². The molecule has 98 valence electrons. The molecule has 0 saturated carbocycles. The lowest BCUT2D eigenvalue weighted by Gasteiger charge is -2.39. The van der Waals surface area contributed by atoms with Crippen molar-refractivity contribution in [2.24, 2.45) is 5.92 Å². The number of rotatable bonds is 2. The molecule has 18 heavy (non-hydrogen) atoms. The molecule has 1 aromatic rings. The number of hydrogen-bond donors (Lipinski definition) is 2. The molecule has 2 rings (SSSR count). The monoisotopic (exact) mass is 248 g/mol. The minimum absolute atomic E-state index is 0.296. The molecule has 3 N–H and O–H groups in total. The molecule has 0 aromatic heterocycles. The summed E-state index contributed by atoms with van der Waals surface area (Å²) >= 11 is 0. The number of hydrogen-bond acceptors (Lipinski definition) is 3. The van der Waals surface area contributed by atoms with E-state index in [9.17, 15) is 4.79 Å². The second-order valence-corrected chi connectivity index (χ2v) is 5.26. The Bertz CT molecular complexity index is 459. The highest BCUT2D eigenvalue weighted by atomic mass is 16.4. The summed E-state index contributed by atoms with van der Waals surface area (Å²) in [5, 5.41) is 9.06. The van der Waals surface area contributed by atoms with Gasteiger partial charge in [-0.15, -0.1) is 0 Å². The van der Waals surface area contributed by atoms with Crippen molar-refractivity contribution < 1.29 is 9.90 Å². The highest BCUT2D eigenvalue weighted by Gasteiger charge is 2.24. The molecule has 1 aliphatic heterocycles. The first-order chi connectivity index (χ1) is 8.49. The van der Waals surface area contributed by atoms with E-state index in [0.29, 0.717) is 23.2 Å². The maximum atomic E-state index is 11.0. The molecule has 2 unspecified atom stereocenters. The average molecular weight is 248 g/mol. The molecule has 1 heterocycles. The van der Waals surface area contributed by atoms with Gasteiger partial charge >= 0.3 is 5.97 Å². The molecule has 1 aliphatic rings. The Hall–Kier alpha value is -1.71. The fraction of sp³-hybridized carbons (Fsp3) is 0.500. The van der Waals surface area contributed by atoms with E-state index in [-0.39, 0.29) is 0 Å². The summed E-state index contributed by atoms with van der Waals surface area (Å²) in [5.41, 5.74) is 7.80. The molecule has 0 aliphatic carbocycles. The molecule has 0 radical (unpaired) electrons. The fourth-order valence-electron chi connectivity index (χ4n) is 2.55. The average Bonchev–Trinajstić information content (AvgIpc) is 2.33. The van der Waals surface area contributed by atoms with E-state index in [1.165, 1.54) is 6.42 Å². The van der Waals surface area contributed by atoms with Crippen LogP contribution in [0, 0.1) is 5.92 Å². The Morgan fingerprint density at radius 2 is 2.11 bits per heavy atom. The first-order valence-corrected chi connectivity index (χ1v) is 6.38. The van der Waals surface area contributed by atoms with Gasteiger partial charge in [0.15, 0.2) is 0 Å². The van der Waals surface area contributed by atoms with Gasteiger partial charge in [0, 0.05) is 12.6 Å². The van der Waals surface area contributed by atoms with Crippen molar-refractivity contribution in [2.75, 3.05) is 17.2 Å². The number of carboxylic acids is 1. The van der Waals surface area contributed by atoms with Crippen LogP contribution in [0.1, 0.15) is 37.0 Å². The minimum Gasteiger partial charge on any atom is -0.478 e. The Labute approximate surface area is 107 Å². The number of anilines is 2. The van der Waals surface area contributed by atoms with Crippen molar-refractivity contribution in [1.82, 2.24) is 0 Å². The lowest BCUT2D eigenvalue weighted by atomic mass is 9.94. The summed E-state index contributed by atoms with van der Waals surface area (Å²) in [7, 11) is 0. The van der Waals surface area contributed by atoms with Crippen LogP contribution in [0.15, 0.2) is 18.2 Å². The third-order valence-electron chi connectivity index (χ3n) is 3.70. The van der Waals surface area contributed by atoms with Gasteiger partial charge in [0.2, 0.25) is 0 Å². The number of carbonyl (C=O) groups is 1. The first-order valence-electron chi connectivity index (χ1n) is 6.38. The number of piperidine rings is 1. The van der Waals surface area contributed by atoms with Crippen molar-refractivity contribution in [1.29, 1.82) is 0 Å². The summed E-state index contributed by atoms with van der Waals surface area (Å²) in [6, 6.07) is 5.34. The van der Waals surface area contributed by atoms with Gasteiger partial charge in [-0.25, -0.2) is 4.79 Å². The van der Waals surface area contributed by atoms with Crippen LogP contribution >= 0.6 is 0 Å². The predicted molar refractivity (Wildman–Crippen MR) is 73.0 cm³/mol. The number of nitrogens with two attached hydrogens (primary N) is 1. The molecule has 1 fully saturated rings. The molecule has 1 aromatic carbocycles. The van der Waals surface area contributed by atoms with Crippen molar-refractivity contribution in [3.63, 3.8) is 0 Å². The van der Waals surface area contributed by atoms with E-state index in [1.807, 2.05) is 0 Å². The Morgan fingerprint density at radius 3 is 2.78 bits per heavy atom. The van der Waals surface area contributed by atoms with Crippen LogP contribution < -0.4 is 10.6 Å². The Kier molecular flexibility index (Phi) is 3.45. The maximum absolute atomic E-state index is 11.0. The molecule has 1 saturated heterocycles. The van der Waals surface area contributed by atoms with Gasteiger partial charge < -0.3 is 15.7 Å². The molecule has 4 heteroatoms. The smallest absolute Gasteiger partial charge is 0.335 e. The molecule has 0 spiro atoms. The number of nitrogen functional groups attached to an aromatic ring is 1. The Balaban J connectivity index is 2.36. The molecule has 2 atom stereocenters. The minimum atomic E-state index is -0.908. The van der Waals surface area contributed by atoms with Crippen LogP contribution in [0.3, 0.4) is 0 Å². The van der Waals surface area contributed by atoms with Crippen LogP contribution in [-0.2, 0) is 0 Å². The predicted octanol–water partition coefficient (Wildman–Crippen LogP) is 2.59. The van der Waals surface area contributed by atoms with Gasteiger partial charge in [-0.05, 0) is 43.9 Å². The van der Waals surface area contributed by atoms with E-state index >= 15 is 0 Å². The fourth-order valence-corrected chi connectivity index (χ4v) is 2.55. The van der Waals surface area contributed by atoms with Crippen LogP contribution in [0.25, 0.3) is 0 Å². The van der Waals surface area contributed by atoms with Gasteiger partial charge in [-0.3, -0.25) is 0 Å². The molecular formula is C14H20N2O2. The SMILES string of the molecule is CC1CCC(C)N(c2cc(C(=O)O)ccc2N)C1. The van der Waals surface area contributed by atoms with Crippen molar-refractivity contribution >= 4 is 17.3 Å².